The number of hydrogen-bond acceptors (Lipinski definition) is 4. The van der Waals surface area contributed by atoms with Gasteiger partial charge in [0.25, 0.3) is 5.91 Å². The highest BCUT2D eigenvalue weighted by atomic mass is 16.5. The second-order valence-corrected chi connectivity index (χ2v) is 8.46. The first-order chi connectivity index (χ1) is 14.6. The Kier molecular flexibility index (Phi) is 6.26. The van der Waals surface area contributed by atoms with Crippen LogP contribution in [-0.4, -0.2) is 49.1 Å². The molecule has 0 aliphatic heterocycles. The molecule has 160 valence electrons. The van der Waals surface area contributed by atoms with Gasteiger partial charge >= 0.3 is 0 Å². The molecule has 1 aromatic carbocycles. The van der Waals surface area contributed by atoms with Crippen molar-refractivity contribution in [1.82, 2.24) is 10.2 Å². The van der Waals surface area contributed by atoms with E-state index in [4.69, 9.17) is 9.47 Å². The number of methoxy groups -OCH3 is 1. The van der Waals surface area contributed by atoms with Gasteiger partial charge in [0, 0.05) is 30.8 Å². The zero-order valence-electron chi connectivity index (χ0n) is 17.5. The van der Waals surface area contributed by atoms with Gasteiger partial charge in [0.15, 0.2) is 0 Å². The lowest BCUT2D eigenvalue weighted by molar-refractivity contribution is -0.140. The van der Waals surface area contributed by atoms with Gasteiger partial charge in [0.05, 0.1) is 6.61 Å². The molecule has 2 amide bonds. The number of carbonyl (C=O) groups is 2. The summed E-state index contributed by atoms with van der Waals surface area (Å²) < 4.78 is 11.0. The summed E-state index contributed by atoms with van der Waals surface area (Å²) in [6.45, 7) is 4.39. The number of nitrogens with zero attached hydrogens (tertiary/aromatic N) is 1. The topological polar surface area (TPSA) is 67.9 Å². The van der Waals surface area contributed by atoms with Crippen LogP contribution in [0.2, 0.25) is 0 Å². The van der Waals surface area contributed by atoms with Crippen LogP contribution >= 0.6 is 0 Å². The molecule has 0 aromatic heterocycles. The third-order valence-electron chi connectivity index (χ3n) is 6.35. The van der Waals surface area contributed by atoms with Gasteiger partial charge in [-0.1, -0.05) is 24.8 Å². The number of ether oxygens (including phenoxy) is 2. The number of para-hydroxylation sites is 1. The Morgan fingerprint density at radius 3 is 2.70 bits per heavy atom. The quantitative estimate of drug-likeness (QED) is 0.366. The summed E-state index contributed by atoms with van der Waals surface area (Å²) in [5.74, 6) is 1.40. The highest BCUT2D eigenvalue weighted by Crippen LogP contribution is 2.55. The highest BCUT2D eigenvalue weighted by molar-refractivity contribution is 5.94. The number of rotatable bonds is 10. The van der Waals surface area contributed by atoms with E-state index in [1.54, 1.807) is 12.0 Å². The van der Waals surface area contributed by atoms with E-state index >= 15 is 0 Å². The molecule has 4 rings (SSSR count). The molecule has 0 spiro atoms. The van der Waals surface area contributed by atoms with Crippen molar-refractivity contribution in [1.29, 1.82) is 0 Å². The fourth-order valence-electron chi connectivity index (χ4n) is 4.66. The van der Waals surface area contributed by atoms with Crippen molar-refractivity contribution < 1.29 is 19.1 Å². The fourth-order valence-corrected chi connectivity index (χ4v) is 4.66. The Labute approximate surface area is 177 Å². The van der Waals surface area contributed by atoms with Crippen LogP contribution in [-0.2, 0) is 14.3 Å². The van der Waals surface area contributed by atoms with E-state index in [-0.39, 0.29) is 23.9 Å². The van der Waals surface area contributed by atoms with E-state index < -0.39 is 6.04 Å². The Hall–Kier alpha value is -2.56. The lowest BCUT2D eigenvalue weighted by atomic mass is 9.98. The molecule has 30 heavy (non-hydrogen) atoms. The molecule has 4 atom stereocenters. The maximum atomic E-state index is 13.5. The Morgan fingerprint density at radius 1 is 1.27 bits per heavy atom. The lowest BCUT2D eigenvalue weighted by Gasteiger charge is -2.36. The molecule has 1 aromatic rings. The number of amides is 2. The van der Waals surface area contributed by atoms with Crippen LogP contribution in [0.1, 0.15) is 43.7 Å². The third kappa shape index (κ3) is 4.45. The van der Waals surface area contributed by atoms with Crippen molar-refractivity contribution in [3.05, 3.63) is 48.2 Å². The molecule has 6 heteroatoms. The van der Waals surface area contributed by atoms with Crippen LogP contribution in [0.25, 0.3) is 0 Å². The predicted octanol–water partition coefficient (Wildman–Crippen LogP) is 3.00. The molecule has 6 nitrogen and oxygen atoms in total. The smallest absolute Gasteiger partial charge is 0.255 e. The van der Waals surface area contributed by atoms with Gasteiger partial charge in [-0.15, -0.1) is 5.73 Å². The van der Waals surface area contributed by atoms with Crippen LogP contribution in [0.4, 0.5) is 0 Å². The highest BCUT2D eigenvalue weighted by Gasteiger charge is 2.53. The van der Waals surface area contributed by atoms with Gasteiger partial charge in [-0.25, -0.2) is 0 Å². The standard InChI is InChI=1S/C24H30N2O4/c1-3-6-22(27)26(20-12-9-16-15-19(16)20)23(24(28)25-17-10-11-17)18-7-4-5-8-21(18)30-14-13-29-2/h4-8,16-17,19-20,23H,1,9-15H2,2H3,(H,25,28)/t16-,19+,20-,23?/m1/s1. The number of hydrogen-bond donors (Lipinski definition) is 1. The first-order valence-electron chi connectivity index (χ1n) is 10.8. The minimum absolute atomic E-state index is 0.0501. The van der Waals surface area contributed by atoms with Crippen molar-refractivity contribution >= 4 is 11.8 Å². The Bertz CT molecular complexity index is 843. The lowest BCUT2D eigenvalue weighted by Crippen LogP contribution is -2.49. The van der Waals surface area contributed by atoms with Crippen molar-refractivity contribution in [2.24, 2.45) is 11.8 Å². The van der Waals surface area contributed by atoms with E-state index in [9.17, 15) is 9.59 Å². The number of benzene rings is 1. The van der Waals surface area contributed by atoms with Crippen molar-refractivity contribution in [2.75, 3.05) is 20.3 Å². The summed E-state index contributed by atoms with van der Waals surface area (Å²) in [6, 6.07) is 7.00. The zero-order chi connectivity index (χ0) is 21.1. The molecule has 1 unspecified atom stereocenters. The van der Waals surface area contributed by atoms with Gasteiger partial charge in [-0.3, -0.25) is 9.59 Å². The number of nitrogens with one attached hydrogen (secondary N) is 1. The summed E-state index contributed by atoms with van der Waals surface area (Å²) in [6.07, 6.45) is 6.49. The predicted molar refractivity (Wildman–Crippen MR) is 113 cm³/mol. The minimum atomic E-state index is -0.745. The second-order valence-electron chi connectivity index (χ2n) is 8.46. The van der Waals surface area contributed by atoms with Gasteiger partial charge in [-0.05, 0) is 50.0 Å². The van der Waals surface area contributed by atoms with E-state index in [2.05, 4.69) is 17.6 Å². The fraction of sp³-hybridized carbons (Fsp3) is 0.542. The maximum Gasteiger partial charge on any atom is 0.255 e. The SMILES string of the molecule is C=C=CC(=O)N(C(C(=O)NC1CC1)c1ccccc1OCCOC)[C@@H]1CC[C@@H]2C[C@@H]21. The molecule has 0 saturated heterocycles. The average Bonchev–Trinajstić information content (AvgIpc) is 3.66. The van der Waals surface area contributed by atoms with Crippen molar-refractivity contribution in [3.63, 3.8) is 0 Å². The first-order valence-corrected chi connectivity index (χ1v) is 10.8. The molecule has 3 fully saturated rings. The van der Waals surface area contributed by atoms with Crippen LogP contribution in [0.15, 0.2) is 42.7 Å². The van der Waals surface area contributed by atoms with Gasteiger partial charge < -0.3 is 19.7 Å². The summed E-state index contributed by atoms with van der Waals surface area (Å²) in [5.41, 5.74) is 3.32. The molecule has 0 radical (unpaired) electrons. The second kappa shape index (κ2) is 9.07. The molecule has 3 saturated carbocycles. The van der Waals surface area contributed by atoms with Crippen molar-refractivity contribution in [2.45, 2.75) is 50.2 Å². The largest absolute Gasteiger partial charge is 0.491 e. The summed E-state index contributed by atoms with van der Waals surface area (Å²) >= 11 is 0. The van der Waals surface area contributed by atoms with Gasteiger partial charge in [0.2, 0.25) is 5.91 Å². The van der Waals surface area contributed by atoms with Gasteiger partial charge in [-0.2, -0.15) is 0 Å². The van der Waals surface area contributed by atoms with E-state index in [0.29, 0.717) is 36.4 Å². The van der Waals surface area contributed by atoms with Crippen LogP contribution in [0.5, 0.6) is 5.75 Å². The monoisotopic (exact) mass is 410 g/mol. The normalized spacial score (nSPS) is 24.9. The van der Waals surface area contributed by atoms with E-state index in [1.807, 2.05) is 24.3 Å². The molecular weight excluding hydrogens is 380 g/mol. The van der Waals surface area contributed by atoms with Gasteiger partial charge in [0.1, 0.15) is 18.4 Å². The van der Waals surface area contributed by atoms with E-state index in [0.717, 1.165) is 32.1 Å². The molecule has 0 heterocycles. The van der Waals surface area contributed by atoms with Crippen molar-refractivity contribution in [3.8, 4) is 5.75 Å². The molecule has 1 N–H and O–H groups in total. The van der Waals surface area contributed by atoms with Crippen LogP contribution < -0.4 is 10.1 Å². The Balaban J connectivity index is 1.71. The summed E-state index contributed by atoms with van der Waals surface area (Å²) in [4.78, 5) is 28.5. The third-order valence-corrected chi connectivity index (χ3v) is 6.35. The molecule has 0 bridgehead atoms. The number of carbonyl (C=O) groups excluding carboxylic acids is 2. The van der Waals surface area contributed by atoms with Crippen LogP contribution in [0.3, 0.4) is 0 Å². The molecular formula is C24H30N2O4. The zero-order valence-corrected chi connectivity index (χ0v) is 17.5. The number of fused-ring (bicyclic) bond motifs is 1. The maximum absolute atomic E-state index is 13.5. The average molecular weight is 411 g/mol. The minimum Gasteiger partial charge on any atom is -0.491 e. The first kappa shape index (κ1) is 20.7. The summed E-state index contributed by atoms with van der Waals surface area (Å²) in [7, 11) is 1.62. The molecule has 3 aliphatic carbocycles. The van der Waals surface area contributed by atoms with E-state index in [1.165, 1.54) is 6.08 Å². The summed E-state index contributed by atoms with van der Waals surface area (Å²) in [5, 5.41) is 3.11. The molecule has 3 aliphatic rings. The van der Waals surface area contributed by atoms with Crippen LogP contribution in [0, 0.1) is 11.8 Å². The Morgan fingerprint density at radius 2 is 2.07 bits per heavy atom.